The molecule has 1 aliphatic rings. The number of hydrogen-bond acceptors (Lipinski definition) is 6. The maximum absolute atomic E-state index is 9.25. The Morgan fingerprint density at radius 1 is 1.19 bits per heavy atom. The summed E-state index contributed by atoms with van der Waals surface area (Å²) in [5, 5.41) is 17.9. The zero-order chi connectivity index (χ0) is 14.7. The first kappa shape index (κ1) is 13.4. The largest absolute Gasteiger partial charge is 0.497 e. The Morgan fingerprint density at radius 3 is 2.52 bits per heavy atom. The van der Waals surface area contributed by atoms with E-state index in [1.54, 1.807) is 7.11 Å². The molecule has 0 bridgehead atoms. The van der Waals surface area contributed by atoms with Gasteiger partial charge in [0.2, 0.25) is 5.69 Å². The van der Waals surface area contributed by atoms with Crippen molar-refractivity contribution in [3.05, 3.63) is 30.0 Å². The number of nitriles is 1. The van der Waals surface area contributed by atoms with Crippen molar-refractivity contribution in [1.29, 1.82) is 5.26 Å². The minimum atomic E-state index is 0.327. The van der Waals surface area contributed by atoms with Crippen LogP contribution in [0.2, 0.25) is 0 Å². The van der Waals surface area contributed by atoms with E-state index in [4.69, 9.17) is 9.47 Å². The molecule has 2 aromatic rings. The van der Waals surface area contributed by atoms with Crippen LogP contribution in [0.3, 0.4) is 0 Å². The second kappa shape index (κ2) is 5.81. The van der Waals surface area contributed by atoms with E-state index in [0.29, 0.717) is 24.7 Å². The fourth-order valence-corrected chi connectivity index (χ4v) is 2.19. The highest BCUT2D eigenvalue weighted by Gasteiger charge is 2.20. The molecular weight excluding hydrogens is 270 g/mol. The van der Waals surface area contributed by atoms with Crippen molar-refractivity contribution in [2.24, 2.45) is 0 Å². The van der Waals surface area contributed by atoms with E-state index in [2.05, 4.69) is 16.3 Å². The van der Waals surface area contributed by atoms with Gasteiger partial charge in [0, 0.05) is 13.1 Å². The van der Waals surface area contributed by atoms with Crippen molar-refractivity contribution >= 4 is 5.82 Å². The minimum Gasteiger partial charge on any atom is -0.497 e. The standard InChI is InChI=1S/C14H15N5O2/c1-20-12-4-2-11(3-5-12)19-16-13(10-15)14(17-19)18-6-8-21-9-7-18/h2-5H,6-9H2,1H3. The quantitative estimate of drug-likeness (QED) is 0.837. The summed E-state index contributed by atoms with van der Waals surface area (Å²) in [5.41, 5.74) is 1.11. The molecule has 0 atom stereocenters. The molecule has 0 unspecified atom stereocenters. The summed E-state index contributed by atoms with van der Waals surface area (Å²) in [4.78, 5) is 3.50. The van der Waals surface area contributed by atoms with Gasteiger partial charge >= 0.3 is 0 Å². The van der Waals surface area contributed by atoms with Gasteiger partial charge in [-0.1, -0.05) is 0 Å². The normalized spacial score (nSPS) is 14.8. The average Bonchev–Trinajstić information content (AvgIpc) is 3.00. The van der Waals surface area contributed by atoms with Crippen molar-refractivity contribution in [3.63, 3.8) is 0 Å². The lowest BCUT2D eigenvalue weighted by Crippen LogP contribution is -2.37. The number of methoxy groups -OCH3 is 1. The van der Waals surface area contributed by atoms with Gasteiger partial charge in [-0.2, -0.15) is 5.26 Å². The highest BCUT2D eigenvalue weighted by Crippen LogP contribution is 2.19. The van der Waals surface area contributed by atoms with Crippen LogP contribution in [0.25, 0.3) is 5.69 Å². The summed E-state index contributed by atoms with van der Waals surface area (Å²) in [5.74, 6) is 1.37. The van der Waals surface area contributed by atoms with Crippen LogP contribution < -0.4 is 9.64 Å². The fraction of sp³-hybridized carbons (Fsp3) is 0.357. The van der Waals surface area contributed by atoms with Crippen LogP contribution in [0.1, 0.15) is 5.69 Å². The third kappa shape index (κ3) is 2.66. The van der Waals surface area contributed by atoms with Crippen molar-refractivity contribution in [2.75, 3.05) is 38.3 Å². The highest BCUT2D eigenvalue weighted by atomic mass is 16.5. The van der Waals surface area contributed by atoms with E-state index in [-0.39, 0.29) is 0 Å². The summed E-state index contributed by atoms with van der Waals surface area (Å²) in [6, 6.07) is 9.47. The summed E-state index contributed by atoms with van der Waals surface area (Å²) in [6.45, 7) is 2.71. The number of hydrogen-bond donors (Lipinski definition) is 0. The maximum atomic E-state index is 9.25. The fourth-order valence-electron chi connectivity index (χ4n) is 2.19. The topological polar surface area (TPSA) is 76.2 Å². The number of nitrogens with zero attached hydrogens (tertiary/aromatic N) is 5. The third-order valence-electron chi connectivity index (χ3n) is 3.32. The molecule has 0 aliphatic carbocycles. The van der Waals surface area contributed by atoms with E-state index in [1.165, 1.54) is 4.80 Å². The van der Waals surface area contributed by atoms with Gasteiger partial charge in [0.1, 0.15) is 11.8 Å². The van der Waals surface area contributed by atoms with Gasteiger partial charge in [-0.15, -0.1) is 15.0 Å². The molecule has 0 N–H and O–H groups in total. The van der Waals surface area contributed by atoms with Gasteiger partial charge in [-0.25, -0.2) is 0 Å². The molecule has 1 fully saturated rings. The Morgan fingerprint density at radius 2 is 1.90 bits per heavy atom. The number of benzene rings is 1. The van der Waals surface area contributed by atoms with Crippen molar-refractivity contribution < 1.29 is 9.47 Å². The van der Waals surface area contributed by atoms with E-state index >= 15 is 0 Å². The minimum absolute atomic E-state index is 0.327. The van der Waals surface area contributed by atoms with E-state index in [1.807, 2.05) is 29.2 Å². The second-order valence-corrected chi connectivity index (χ2v) is 4.57. The summed E-state index contributed by atoms with van der Waals surface area (Å²) < 4.78 is 10.4. The summed E-state index contributed by atoms with van der Waals surface area (Å²) in [7, 11) is 1.62. The Bertz CT molecular complexity index is 653. The molecule has 1 aliphatic heterocycles. The number of rotatable bonds is 3. The molecule has 1 aromatic heterocycles. The predicted octanol–water partition coefficient (Wildman–Crippen LogP) is 0.984. The molecule has 21 heavy (non-hydrogen) atoms. The second-order valence-electron chi connectivity index (χ2n) is 4.57. The van der Waals surface area contributed by atoms with Crippen LogP contribution in [0.15, 0.2) is 24.3 Å². The van der Waals surface area contributed by atoms with Gasteiger partial charge in [0.05, 0.1) is 26.0 Å². The summed E-state index contributed by atoms with van der Waals surface area (Å²) in [6.07, 6.45) is 0. The van der Waals surface area contributed by atoms with Crippen molar-refractivity contribution in [1.82, 2.24) is 15.0 Å². The molecule has 7 nitrogen and oxygen atoms in total. The first-order valence-electron chi connectivity index (χ1n) is 6.66. The van der Waals surface area contributed by atoms with Crippen molar-refractivity contribution in [2.45, 2.75) is 0 Å². The maximum Gasteiger partial charge on any atom is 0.207 e. The number of ether oxygens (including phenoxy) is 2. The van der Waals surface area contributed by atoms with Crippen LogP contribution in [0, 0.1) is 11.3 Å². The molecule has 0 spiro atoms. The van der Waals surface area contributed by atoms with Gasteiger partial charge in [0.25, 0.3) is 0 Å². The lowest BCUT2D eigenvalue weighted by molar-refractivity contribution is 0.122. The highest BCUT2D eigenvalue weighted by molar-refractivity contribution is 5.50. The molecule has 3 rings (SSSR count). The smallest absolute Gasteiger partial charge is 0.207 e. The van der Waals surface area contributed by atoms with Crippen LogP contribution >= 0.6 is 0 Å². The van der Waals surface area contributed by atoms with E-state index in [0.717, 1.165) is 24.5 Å². The predicted molar refractivity (Wildman–Crippen MR) is 75.7 cm³/mol. The molecule has 0 radical (unpaired) electrons. The summed E-state index contributed by atoms with van der Waals surface area (Å²) >= 11 is 0. The Balaban J connectivity index is 1.92. The number of morpholine rings is 1. The van der Waals surface area contributed by atoms with Gasteiger partial charge in [-0.3, -0.25) is 0 Å². The number of aromatic nitrogens is 3. The lowest BCUT2D eigenvalue weighted by atomic mass is 10.3. The van der Waals surface area contributed by atoms with Gasteiger partial charge in [0.15, 0.2) is 5.82 Å². The Hall–Kier alpha value is -2.59. The first-order valence-corrected chi connectivity index (χ1v) is 6.66. The SMILES string of the molecule is COc1ccc(-n2nc(C#N)c(N3CCOCC3)n2)cc1. The molecule has 108 valence electrons. The molecule has 0 amide bonds. The molecule has 7 heteroatoms. The molecule has 1 aromatic carbocycles. The van der Waals surface area contributed by atoms with Crippen LogP contribution in [-0.4, -0.2) is 48.4 Å². The van der Waals surface area contributed by atoms with Crippen LogP contribution in [-0.2, 0) is 4.74 Å². The first-order chi connectivity index (χ1) is 10.3. The molecule has 0 saturated carbocycles. The van der Waals surface area contributed by atoms with Crippen molar-refractivity contribution in [3.8, 4) is 17.5 Å². The van der Waals surface area contributed by atoms with E-state index in [9.17, 15) is 5.26 Å². The monoisotopic (exact) mass is 285 g/mol. The Labute approximate surface area is 122 Å². The lowest BCUT2D eigenvalue weighted by Gasteiger charge is -2.26. The zero-order valence-electron chi connectivity index (χ0n) is 11.7. The Kier molecular flexibility index (Phi) is 3.71. The molecular formula is C14H15N5O2. The van der Waals surface area contributed by atoms with Crippen LogP contribution in [0.4, 0.5) is 5.82 Å². The van der Waals surface area contributed by atoms with Gasteiger partial charge < -0.3 is 14.4 Å². The zero-order valence-corrected chi connectivity index (χ0v) is 11.7. The van der Waals surface area contributed by atoms with Gasteiger partial charge in [-0.05, 0) is 24.3 Å². The molecule has 2 heterocycles. The average molecular weight is 285 g/mol. The third-order valence-corrected chi connectivity index (χ3v) is 3.32. The van der Waals surface area contributed by atoms with E-state index < -0.39 is 0 Å². The van der Waals surface area contributed by atoms with Crippen LogP contribution in [0.5, 0.6) is 5.75 Å². The molecule has 1 saturated heterocycles. The number of anilines is 1.